The van der Waals surface area contributed by atoms with Gasteiger partial charge in [0, 0.05) is 12.8 Å². The summed E-state index contributed by atoms with van der Waals surface area (Å²) in [4.78, 5) is 0. The Kier molecular flexibility index (Phi) is 7.02. The van der Waals surface area contributed by atoms with E-state index in [1.54, 1.807) is 0 Å². The molecule has 1 nitrogen and oxygen atoms in total. The molecule has 4 rings (SSSR count). The highest BCUT2D eigenvalue weighted by atomic mass is 16.5. The zero-order chi connectivity index (χ0) is 23.0. The Balaban J connectivity index is 1.86. The number of benzene rings is 4. The highest BCUT2D eigenvalue weighted by Crippen LogP contribution is 2.42. The predicted molar refractivity (Wildman–Crippen MR) is 138 cm³/mol. The van der Waals surface area contributed by atoms with Crippen LogP contribution in [-0.2, 0) is 28.8 Å². The molecule has 0 aromatic heterocycles. The van der Waals surface area contributed by atoms with Gasteiger partial charge in [-0.1, -0.05) is 147 Å². The summed E-state index contributed by atoms with van der Waals surface area (Å²) < 4.78 is 7.27. The molecule has 4 aromatic rings. The first kappa shape index (κ1) is 22.5. The van der Waals surface area contributed by atoms with Gasteiger partial charge in [0.05, 0.1) is 0 Å². The van der Waals surface area contributed by atoms with Gasteiger partial charge in [-0.3, -0.25) is 0 Å². The maximum absolute atomic E-state index is 7.27. The average Bonchev–Trinajstić information content (AvgIpc) is 2.90. The van der Waals surface area contributed by atoms with E-state index in [-0.39, 0.29) is 0 Å². The molecule has 0 spiro atoms. The first-order valence-electron chi connectivity index (χ1n) is 11.4. The number of hydrogen-bond donors (Lipinski definition) is 0. The molecule has 164 valence electrons. The van der Waals surface area contributed by atoms with E-state index >= 15 is 0 Å². The molecule has 2 unspecified atom stereocenters. The van der Waals surface area contributed by atoms with Crippen molar-refractivity contribution in [3.05, 3.63) is 169 Å². The van der Waals surface area contributed by atoms with Gasteiger partial charge >= 0.3 is 0 Å². The van der Waals surface area contributed by atoms with E-state index in [0.29, 0.717) is 12.8 Å². The van der Waals surface area contributed by atoms with Crippen molar-refractivity contribution in [3.8, 4) is 0 Å². The Morgan fingerprint density at radius 2 is 0.788 bits per heavy atom. The van der Waals surface area contributed by atoms with Crippen molar-refractivity contribution in [2.75, 3.05) is 0 Å². The van der Waals surface area contributed by atoms with Crippen LogP contribution in [0.3, 0.4) is 0 Å². The maximum atomic E-state index is 7.27. The number of ether oxygens (including phenoxy) is 1. The van der Waals surface area contributed by atoms with Crippen LogP contribution in [-0.4, -0.2) is 0 Å². The minimum atomic E-state index is -0.749. The van der Waals surface area contributed by atoms with Crippen molar-refractivity contribution in [1.29, 1.82) is 0 Å². The molecule has 0 radical (unpaired) electrons. The van der Waals surface area contributed by atoms with Gasteiger partial charge in [0.15, 0.2) is 0 Å². The average molecular weight is 431 g/mol. The van der Waals surface area contributed by atoms with E-state index < -0.39 is 11.2 Å². The largest absolute Gasteiger partial charge is 0.350 e. The van der Waals surface area contributed by atoms with Crippen molar-refractivity contribution >= 4 is 0 Å². The van der Waals surface area contributed by atoms with E-state index in [0.717, 1.165) is 11.1 Å². The van der Waals surface area contributed by atoms with Gasteiger partial charge in [-0.25, -0.2) is 0 Å². The Labute approximate surface area is 197 Å². The van der Waals surface area contributed by atoms with E-state index in [4.69, 9.17) is 4.74 Å². The summed E-state index contributed by atoms with van der Waals surface area (Å²) in [5, 5.41) is 0. The fourth-order valence-electron chi connectivity index (χ4n) is 4.42. The molecule has 0 saturated heterocycles. The fraction of sp³-hybridized carbons (Fsp3) is 0.125. The van der Waals surface area contributed by atoms with E-state index in [1.807, 2.05) is 36.4 Å². The summed E-state index contributed by atoms with van der Waals surface area (Å²) in [5.74, 6) is 0. The SMILES string of the molecule is C=CC(Cc1ccccc1)(OC(C=C)(Cc1ccccc1)c1ccccc1)c1ccccc1. The van der Waals surface area contributed by atoms with Crippen LogP contribution in [0.2, 0.25) is 0 Å². The minimum absolute atomic E-state index is 0.665. The van der Waals surface area contributed by atoms with Crippen LogP contribution in [0.1, 0.15) is 22.3 Å². The standard InChI is InChI=1S/C32H30O/c1-3-31(29-21-13-7-14-22-29,25-27-17-9-5-10-18-27)33-32(4-2,30-23-15-8-16-24-30)26-28-19-11-6-12-20-28/h3-24H,1-2,25-26H2. The van der Waals surface area contributed by atoms with E-state index in [1.165, 1.54) is 11.1 Å². The monoisotopic (exact) mass is 430 g/mol. The summed E-state index contributed by atoms with van der Waals surface area (Å²) in [6.45, 7) is 8.53. The molecule has 0 aliphatic rings. The molecule has 2 atom stereocenters. The second-order valence-electron chi connectivity index (χ2n) is 8.35. The Morgan fingerprint density at radius 3 is 1.09 bits per heavy atom. The summed E-state index contributed by atoms with van der Waals surface area (Å²) in [7, 11) is 0. The summed E-state index contributed by atoms with van der Waals surface area (Å²) >= 11 is 0. The van der Waals surface area contributed by atoms with Crippen LogP contribution in [0.15, 0.2) is 147 Å². The van der Waals surface area contributed by atoms with Gasteiger partial charge in [-0.2, -0.15) is 0 Å². The van der Waals surface area contributed by atoms with Crippen LogP contribution < -0.4 is 0 Å². The fourth-order valence-corrected chi connectivity index (χ4v) is 4.42. The zero-order valence-electron chi connectivity index (χ0n) is 18.9. The minimum Gasteiger partial charge on any atom is -0.350 e. The molecule has 0 amide bonds. The molecule has 0 aliphatic heterocycles. The zero-order valence-corrected chi connectivity index (χ0v) is 18.9. The van der Waals surface area contributed by atoms with Crippen molar-refractivity contribution in [3.63, 3.8) is 0 Å². The third-order valence-corrected chi connectivity index (χ3v) is 6.17. The summed E-state index contributed by atoms with van der Waals surface area (Å²) in [6.07, 6.45) is 5.22. The highest BCUT2D eigenvalue weighted by Gasteiger charge is 2.41. The van der Waals surface area contributed by atoms with E-state index in [2.05, 4.69) is 110 Å². The van der Waals surface area contributed by atoms with Crippen LogP contribution in [0, 0.1) is 0 Å². The highest BCUT2D eigenvalue weighted by molar-refractivity contribution is 5.36. The Hall–Kier alpha value is -3.68. The second-order valence-corrected chi connectivity index (χ2v) is 8.35. The molecule has 4 aromatic carbocycles. The van der Waals surface area contributed by atoms with Crippen molar-refractivity contribution < 1.29 is 4.74 Å². The molecule has 0 fully saturated rings. The Bertz CT molecular complexity index is 1060. The molecule has 33 heavy (non-hydrogen) atoms. The maximum Gasteiger partial charge on any atom is 0.117 e. The molecule has 0 bridgehead atoms. The number of hydrogen-bond acceptors (Lipinski definition) is 1. The van der Waals surface area contributed by atoms with Crippen molar-refractivity contribution in [2.24, 2.45) is 0 Å². The van der Waals surface area contributed by atoms with Crippen LogP contribution >= 0.6 is 0 Å². The van der Waals surface area contributed by atoms with Crippen LogP contribution in [0.4, 0.5) is 0 Å². The van der Waals surface area contributed by atoms with Gasteiger partial charge < -0.3 is 4.74 Å². The third-order valence-electron chi connectivity index (χ3n) is 6.17. The second kappa shape index (κ2) is 10.3. The number of rotatable bonds is 10. The molecule has 1 heteroatoms. The lowest BCUT2D eigenvalue weighted by molar-refractivity contribution is -0.117. The summed E-state index contributed by atoms with van der Waals surface area (Å²) in [6, 6.07) is 41.6. The summed E-state index contributed by atoms with van der Waals surface area (Å²) in [5.41, 5.74) is 3.01. The van der Waals surface area contributed by atoms with Gasteiger partial charge in [0.2, 0.25) is 0 Å². The quantitative estimate of drug-likeness (QED) is 0.235. The lowest BCUT2D eigenvalue weighted by Crippen LogP contribution is -2.42. The molecule has 0 N–H and O–H groups in total. The molecule has 0 saturated carbocycles. The smallest absolute Gasteiger partial charge is 0.117 e. The van der Waals surface area contributed by atoms with E-state index in [9.17, 15) is 0 Å². The van der Waals surface area contributed by atoms with Crippen molar-refractivity contribution in [2.45, 2.75) is 24.0 Å². The topological polar surface area (TPSA) is 9.23 Å². The van der Waals surface area contributed by atoms with Crippen LogP contribution in [0.25, 0.3) is 0 Å². The van der Waals surface area contributed by atoms with Crippen LogP contribution in [0.5, 0.6) is 0 Å². The Morgan fingerprint density at radius 1 is 0.485 bits per heavy atom. The van der Waals surface area contributed by atoms with Gasteiger partial charge in [-0.05, 0) is 22.3 Å². The normalized spacial score (nSPS) is 14.5. The van der Waals surface area contributed by atoms with Gasteiger partial charge in [0.1, 0.15) is 11.2 Å². The lowest BCUT2D eigenvalue weighted by atomic mass is 9.82. The van der Waals surface area contributed by atoms with Crippen molar-refractivity contribution in [1.82, 2.24) is 0 Å². The molecular formula is C32H30O. The first-order chi connectivity index (χ1) is 16.2. The molecular weight excluding hydrogens is 400 g/mol. The van der Waals surface area contributed by atoms with Gasteiger partial charge in [0.25, 0.3) is 0 Å². The first-order valence-corrected chi connectivity index (χ1v) is 11.4. The molecule has 0 heterocycles. The molecule has 0 aliphatic carbocycles. The lowest BCUT2D eigenvalue weighted by Gasteiger charge is -2.42. The third kappa shape index (κ3) is 5.05. The predicted octanol–water partition coefficient (Wildman–Crippen LogP) is 7.65. The van der Waals surface area contributed by atoms with Gasteiger partial charge in [-0.15, -0.1) is 0 Å².